The number of hydrogen-bond acceptors (Lipinski definition) is 4. The maximum Gasteiger partial charge on any atom is 0.271 e. The van der Waals surface area contributed by atoms with Crippen LogP contribution in [0.1, 0.15) is 40.9 Å². The average molecular weight is 455 g/mol. The number of aryl methyl sites for hydroxylation is 1. The number of hydrogen-bond donors (Lipinski definition) is 1. The van der Waals surface area contributed by atoms with Gasteiger partial charge in [-0.3, -0.25) is 9.59 Å². The van der Waals surface area contributed by atoms with E-state index in [1.54, 1.807) is 17.0 Å². The van der Waals surface area contributed by atoms with E-state index in [1.165, 1.54) is 0 Å². The van der Waals surface area contributed by atoms with Crippen LogP contribution in [0.15, 0.2) is 96.2 Å². The molecular formula is C29H30N2O3. The number of ether oxygens (including phenoxy) is 1. The topological polar surface area (TPSA) is 58.6 Å². The molecule has 0 saturated heterocycles. The monoisotopic (exact) mass is 454 g/mol. The van der Waals surface area contributed by atoms with Crippen LogP contribution in [0, 0.1) is 6.92 Å². The van der Waals surface area contributed by atoms with Crippen LogP contribution in [0.4, 0.5) is 5.69 Å². The Bertz CT molecular complexity index is 1150. The Morgan fingerprint density at radius 1 is 0.941 bits per heavy atom. The Balaban J connectivity index is 1.80. The van der Waals surface area contributed by atoms with Gasteiger partial charge in [0.2, 0.25) is 0 Å². The van der Waals surface area contributed by atoms with Gasteiger partial charge in [0.25, 0.3) is 5.91 Å². The summed E-state index contributed by atoms with van der Waals surface area (Å²) < 4.78 is 5.51. The second-order valence-electron chi connectivity index (χ2n) is 8.34. The number of nitrogens with zero attached hydrogens (tertiary/aromatic N) is 1. The van der Waals surface area contributed by atoms with Crippen LogP contribution in [0.2, 0.25) is 0 Å². The molecule has 34 heavy (non-hydrogen) atoms. The summed E-state index contributed by atoms with van der Waals surface area (Å²) in [4.78, 5) is 29.4. The fraction of sp³-hybridized carbons (Fsp3) is 0.241. The minimum absolute atomic E-state index is 0.148. The van der Waals surface area contributed by atoms with Crippen LogP contribution >= 0.6 is 0 Å². The summed E-state index contributed by atoms with van der Waals surface area (Å²) >= 11 is 0. The summed E-state index contributed by atoms with van der Waals surface area (Å²) in [5.74, 6) is -0.324. The van der Waals surface area contributed by atoms with E-state index in [2.05, 4.69) is 5.32 Å². The highest BCUT2D eigenvalue weighted by Gasteiger charge is 2.43. The largest absolute Gasteiger partial charge is 0.382 e. The Morgan fingerprint density at radius 3 is 2.24 bits per heavy atom. The molecule has 1 aliphatic heterocycles. The molecule has 0 radical (unpaired) electrons. The van der Waals surface area contributed by atoms with Crippen molar-refractivity contribution < 1.29 is 14.3 Å². The summed E-state index contributed by atoms with van der Waals surface area (Å²) in [7, 11) is 0. The van der Waals surface area contributed by atoms with Gasteiger partial charge in [0.1, 0.15) is 5.70 Å². The van der Waals surface area contributed by atoms with Crippen molar-refractivity contribution in [1.29, 1.82) is 0 Å². The Morgan fingerprint density at radius 2 is 1.59 bits per heavy atom. The number of benzene rings is 3. The quantitative estimate of drug-likeness (QED) is 0.322. The molecule has 0 saturated carbocycles. The summed E-state index contributed by atoms with van der Waals surface area (Å²) in [6, 6.07) is 26.3. The van der Waals surface area contributed by atoms with Gasteiger partial charge in [0, 0.05) is 31.0 Å². The first-order valence-electron chi connectivity index (χ1n) is 11.7. The van der Waals surface area contributed by atoms with Crippen LogP contribution in [0.3, 0.4) is 0 Å². The van der Waals surface area contributed by atoms with Crippen molar-refractivity contribution in [1.82, 2.24) is 4.90 Å². The lowest BCUT2D eigenvalue weighted by Crippen LogP contribution is -2.33. The molecule has 0 aliphatic carbocycles. The van der Waals surface area contributed by atoms with Gasteiger partial charge in [-0.15, -0.1) is 0 Å². The molecule has 1 N–H and O–H groups in total. The van der Waals surface area contributed by atoms with Gasteiger partial charge < -0.3 is 15.0 Å². The molecule has 5 nitrogen and oxygen atoms in total. The molecule has 0 unspecified atom stereocenters. The normalized spacial score (nSPS) is 15.6. The van der Waals surface area contributed by atoms with Gasteiger partial charge in [-0.05, 0) is 38.0 Å². The molecule has 0 aromatic heterocycles. The second-order valence-corrected chi connectivity index (χ2v) is 8.34. The SMILES string of the molecule is CCOCCCN1C(=O)C(Nc2ccc(C)cc2)=C(C(=O)c2ccccc2)[C@@H]1c1ccccc1. The molecule has 1 amide bonds. The number of rotatable bonds is 10. The molecule has 3 aromatic carbocycles. The Labute approximate surface area is 201 Å². The molecule has 0 bridgehead atoms. The summed E-state index contributed by atoms with van der Waals surface area (Å²) in [5.41, 5.74) is 4.17. The number of nitrogens with one attached hydrogen (secondary N) is 1. The van der Waals surface area contributed by atoms with E-state index >= 15 is 0 Å². The van der Waals surface area contributed by atoms with Crippen molar-refractivity contribution in [3.8, 4) is 0 Å². The smallest absolute Gasteiger partial charge is 0.271 e. The van der Waals surface area contributed by atoms with Crippen LogP contribution in [-0.2, 0) is 9.53 Å². The third-order valence-electron chi connectivity index (χ3n) is 5.94. The van der Waals surface area contributed by atoms with Crippen LogP contribution in [0.5, 0.6) is 0 Å². The lowest BCUT2D eigenvalue weighted by Gasteiger charge is -2.27. The summed E-state index contributed by atoms with van der Waals surface area (Å²) in [6.45, 7) is 5.65. The van der Waals surface area contributed by atoms with Crippen LogP contribution < -0.4 is 5.32 Å². The van der Waals surface area contributed by atoms with Crippen molar-refractivity contribution in [3.63, 3.8) is 0 Å². The molecule has 0 fully saturated rings. The van der Waals surface area contributed by atoms with E-state index in [1.807, 2.05) is 86.6 Å². The van der Waals surface area contributed by atoms with Gasteiger partial charge in [0.15, 0.2) is 5.78 Å². The molecular weight excluding hydrogens is 424 g/mol. The van der Waals surface area contributed by atoms with Crippen LogP contribution in [0.25, 0.3) is 0 Å². The molecule has 1 heterocycles. The number of carbonyl (C=O) groups is 2. The number of Topliss-reactive ketones (excluding diaryl/α,β-unsaturated/α-hetero) is 1. The van der Waals surface area contributed by atoms with Crippen LogP contribution in [-0.4, -0.2) is 36.3 Å². The van der Waals surface area contributed by atoms with Gasteiger partial charge >= 0.3 is 0 Å². The predicted octanol–water partition coefficient (Wildman–Crippen LogP) is 5.55. The van der Waals surface area contributed by atoms with E-state index in [0.29, 0.717) is 43.0 Å². The highest BCUT2D eigenvalue weighted by atomic mass is 16.5. The van der Waals surface area contributed by atoms with Gasteiger partial charge in [-0.25, -0.2) is 0 Å². The fourth-order valence-corrected chi connectivity index (χ4v) is 4.25. The van der Waals surface area contributed by atoms with Crippen molar-refractivity contribution in [2.45, 2.75) is 26.3 Å². The third-order valence-corrected chi connectivity index (χ3v) is 5.94. The highest BCUT2D eigenvalue weighted by molar-refractivity contribution is 6.17. The molecule has 5 heteroatoms. The summed E-state index contributed by atoms with van der Waals surface area (Å²) in [6.07, 6.45) is 0.688. The molecule has 0 spiro atoms. The van der Waals surface area contributed by atoms with Gasteiger partial charge in [-0.1, -0.05) is 78.4 Å². The maximum atomic E-state index is 13.9. The molecule has 1 atom stereocenters. The first kappa shape index (κ1) is 23.5. The highest BCUT2D eigenvalue weighted by Crippen LogP contribution is 2.40. The molecule has 1 aliphatic rings. The van der Waals surface area contributed by atoms with Crippen molar-refractivity contribution in [2.24, 2.45) is 0 Å². The zero-order valence-electron chi connectivity index (χ0n) is 19.7. The number of amides is 1. The first-order chi connectivity index (χ1) is 16.6. The number of carbonyl (C=O) groups excluding carboxylic acids is 2. The molecule has 174 valence electrons. The maximum absolute atomic E-state index is 13.9. The average Bonchev–Trinajstić information content (AvgIpc) is 3.15. The van der Waals surface area contributed by atoms with E-state index in [4.69, 9.17) is 4.74 Å². The van der Waals surface area contributed by atoms with Crippen molar-refractivity contribution in [3.05, 3.63) is 113 Å². The minimum atomic E-state index is -0.476. The van der Waals surface area contributed by atoms with Gasteiger partial charge in [-0.2, -0.15) is 0 Å². The third kappa shape index (κ3) is 5.10. The Hall–Kier alpha value is -3.70. The zero-order valence-corrected chi connectivity index (χ0v) is 19.7. The van der Waals surface area contributed by atoms with Crippen molar-refractivity contribution >= 4 is 17.4 Å². The minimum Gasteiger partial charge on any atom is -0.382 e. The molecule has 4 rings (SSSR count). The van der Waals surface area contributed by atoms with E-state index < -0.39 is 6.04 Å². The Kier molecular flexibility index (Phi) is 7.55. The second kappa shape index (κ2) is 10.9. The summed E-state index contributed by atoms with van der Waals surface area (Å²) in [5, 5.41) is 3.29. The predicted molar refractivity (Wildman–Crippen MR) is 135 cm³/mol. The lowest BCUT2D eigenvalue weighted by molar-refractivity contribution is -0.127. The number of anilines is 1. The molecule has 3 aromatic rings. The fourth-order valence-electron chi connectivity index (χ4n) is 4.25. The van der Waals surface area contributed by atoms with E-state index in [0.717, 1.165) is 16.8 Å². The lowest BCUT2D eigenvalue weighted by atomic mass is 9.92. The van der Waals surface area contributed by atoms with Crippen molar-refractivity contribution in [2.75, 3.05) is 25.1 Å². The standard InChI is InChI=1S/C29H30N2O3/c1-3-34-20-10-19-31-27(22-11-6-4-7-12-22)25(28(32)23-13-8-5-9-14-23)26(29(31)33)30-24-17-15-21(2)16-18-24/h4-9,11-18,27,30H,3,10,19-20H2,1-2H3/t27-/m0/s1. The van der Waals surface area contributed by atoms with Gasteiger partial charge in [0.05, 0.1) is 11.6 Å². The number of ketones is 1. The van der Waals surface area contributed by atoms with E-state index in [-0.39, 0.29) is 11.7 Å². The zero-order chi connectivity index (χ0) is 23.9. The first-order valence-corrected chi connectivity index (χ1v) is 11.7. The van der Waals surface area contributed by atoms with E-state index in [9.17, 15) is 9.59 Å².